The summed E-state index contributed by atoms with van der Waals surface area (Å²) >= 11 is 0. The second kappa shape index (κ2) is 7.20. The molecule has 0 amide bonds. The number of hydrogen-bond donors (Lipinski definition) is 0. The number of aromatic nitrogens is 4. The van der Waals surface area contributed by atoms with Gasteiger partial charge in [0.25, 0.3) is 5.56 Å². The molecule has 7 nitrogen and oxygen atoms in total. The quantitative estimate of drug-likeness (QED) is 0.634. The van der Waals surface area contributed by atoms with Gasteiger partial charge in [-0.1, -0.05) is 13.8 Å². The van der Waals surface area contributed by atoms with E-state index >= 15 is 0 Å². The zero-order chi connectivity index (χ0) is 20.6. The monoisotopic (exact) mass is 393 g/mol. The molecule has 0 saturated heterocycles. The van der Waals surface area contributed by atoms with E-state index in [2.05, 4.69) is 15.0 Å². The summed E-state index contributed by atoms with van der Waals surface area (Å²) < 4.78 is 14.8. The summed E-state index contributed by atoms with van der Waals surface area (Å²) in [5.74, 6) is -0.134. The third-order valence-electron chi connectivity index (χ3n) is 4.82. The number of halogens is 1. The number of nitrogens with zero attached hydrogens (tertiary/aromatic N) is 5. The molecule has 3 heterocycles. The van der Waals surface area contributed by atoms with Gasteiger partial charge in [-0.05, 0) is 30.3 Å². The third-order valence-corrected chi connectivity index (χ3v) is 4.82. The molecule has 3 aromatic rings. The van der Waals surface area contributed by atoms with Crippen LogP contribution in [0.2, 0.25) is 0 Å². The van der Waals surface area contributed by atoms with Crippen LogP contribution >= 0.6 is 0 Å². The van der Waals surface area contributed by atoms with Crippen molar-refractivity contribution in [3.8, 4) is 11.4 Å². The Balaban J connectivity index is 1.74. The Morgan fingerprint density at radius 1 is 1.14 bits per heavy atom. The minimum atomic E-state index is -0.395. The van der Waals surface area contributed by atoms with Crippen LogP contribution in [-0.4, -0.2) is 38.4 Å². The molecule has 0 bridgehead atoms. The fourth-order valence-corrected chi connectivity index (χ4v) is 3.55. The van der Waals surface area contributed by atoms with Crippen molar-refractivity contribution in [2.75, 3.05) is 18.0 Å². The Morgan fingerprint density at radius 3 is 2.59 bits per heavy atom. The molecule has 0 radical (unpaired) electrons. The van der Waals surface area contributed by atoms with Crippen molar-refractivity contribution in [2.45, 2.75) is 20.4 Å². The largest absolute Gasteiger partial charge is 0.334 e. The van der Waals surface area contributed by atoms with E-state index in [4.69, 9.17) is 0 Å². The van der Waals surface area contributed by atoms with Crippen LogP contribution in [0.15, 0.2) is 53.7 Å². The molecular formula is C21H20FN5O2. The van der Waals surface area contributed by atoms with Crippen molar-refractivity contribution in [1.82, 2.24) is 19.5 Å². The topological polar surface area (TPSA) is 81.0 Å². The fourth-order valence-electron chi connectivity index (χ4n) is 3.55. The molecule has 0 unspecified atom stereocenters. The molecule has 0 spiro atoms. The maximum Gasteiger partial charge on any atom is 0.255 e. The summed E-state index contributed by atoms with van der Waals surface area (Å²) in [7, 11) is 0. The summed E-state index contributed by atoms with van der Waals surface area (Å²) in [5.41, 5.74) is 0.960. The predicted molar refractivity (Wildman–Crippen MR) is 106 cm³/mol. The highest BCUT2D eigenvalue weighted by atomic mass is 19.1. The average Bonchev–Trinajstić information content (AvgIpc) is 2.69. The second-order valence-corrected chi connectivity index (χ2v) is 7.91. The van der Waals surface area contributed by atoms with Gasteiger partial charge in [0.2, 0.25) is 5.95 Å². The summed E-state index contributed by atoms with van der Waals surface area (Å²) in [5, 5.41) is 0. The molecule has 8 heteroatoms. The van der Waals surface area contributed by atoms with E-state index < -0.39 is 5.82 Å². The Morgan fingerprint density at radius 2 is 1.90 bits per heavy atom. The number of carbonyl (C=O) groups is 1. The molecule has 1 aromatic carbocycles. The molecule has 0 fully saturated rings. The number of benzene rings is 1. The molecule has 2 aromatic heterocycles. The van der Waals surface area contributed by atoms with Gasteiger partial charge in [0.15, 0.2) is 5.78 Å². The zero-order valence-electron chi connectivity index (χ0n) is 16.2. The maximum absolute atomic E-state index is 13.2. The maximum atomic E-state index is 13.2. The molecular weight excluding hydrogens is 373 g/mol. The van der Waals surface area contributed by atoms with Gasteiger partial charge in [0.05, 0.1) is 17.9 Å². The molecule has 0 atom stereocenters. The van der Waals surface area contributed by atoms with Gasteiger partial charge < -0.3 is 4.90 Å². The second-order valence-electron chi connectivity index (χ2n) is 7.91. The number of carbonyl (C=O) groups excluding carboxylic acids is 1. The standard InChI is InChI=1S/C21H20FN5O2/c1-21(2)11-26(10-18(28)14-3-5-15(22)6-4-14)20-25-17(9-19(29)27(20)12-21)16-7-8-23-13-24-16/h3-9,13H,10-12H2,1-2H3. The van der Waals surface area contributed by atoms with Crippen LogP contribution < -0.4 is 10.5 Å². The van der Waals surface area contributed by atoms with Gasteiger partial charge in [-0.2, -0.15) is 0 Å². The summed E-state index contributed by atoms with van der Waals surface area (Å²) in [6, 6.07) is 8.58. The first-order valence-corrected chi connectivity index (χ1v) is 9.24. The van der Waals surface area contributed by atoms with E-state index in [9.17, 15) is 14.0 Å². The summed E-state index contributed by atoms with van der Waals surface area (Å²) in [4.78, 5) is 40.1. The number of Topliss-reactive ketones (excluding diaryl/α,β-unsaturated/α-hetero) is 1. The molecule has 0 saturated carbocycles. The highest BCUT2D eigenvalue weighted by molar-refractivity contribution is 5.99. The van der Waals surface area contributed by atoms with Gasteiger partial charge in [-0.15, -0.1) is 0 Å². The summed E-state index contributed by atoms with van der Waals surface area (Å²) in [6.07, 6.45) is 2.98. The number of anilines is 1. The van der Waals surface area contributed by atoms with E-state index in [-0.39, 0.29) is 23.3 Å². The van der Waals surface area contributed by atoms with Gasteiger partial charge in [0, 0.05) is 36.3 Å². The van der Waals surface area contributed by atoms with Crippen LogP contribution in [0, 0.1) is 11.2 Å². The highest BCUT2D eigenvalue weighted by Gasteiger charge is 2.33. The van der Waals surface area contributed by atoms with Crippen molar-refractivity contribution in [1.29, 1.82) is 0 Å². The Hall–Kier alpha value is -3.42. The minimum Gasteiger partial charge on any atom is -0.334 e. The fraction of sp³-hybridized carbons (Fsp3) is 0.286. The first kappa shape index (κ1) is 18.9. The van der Waals surface area contributed by atoms with E-state index in [0.717, 1.165) is 0 Å². The SMILES string of the molecule is CC1(C)CN(CC(=O)c2ccc(F)cc2)c2nc(-c3ccncn3)cc(=O)n2C1. The number of ketones is 1. The highest BCUT2D eigenvalue weighted by Crippen LogP contribution is 2.30. The molecule has 148 valence electrons. The lowest BCUT2D eigenvalue weighted by atomic mass is 9.90. The molecule has 29 heavy (non-hydrogen) atoms. The van der Waals surface area contributed by atoms with Crippen molar-refractivity contribution in [3.05, 3.63) is 70.7 Å². The molecule has 4 rings (SSSR count). The van der Waals surface area contributed by atoms with Crippen molar-refractivity contribution >= 4 is 11.7 Å². The van der Waals surface area contributed by atoms with E-state index in [1.54, 1.807) is 21.7 Å². The number of hydrogen-bond acceptors (Lipinski definition) is 6. The van der Waals surface area contributed by atoms with Crippen molar-refractivity contribution < 1.29 is 9.18 Å². The third kappa shape index (κ3) is 3.91. The molecule has 1 aliphatic heterocycles. The lowest BCUT2D eigenvalue weighted by Gasteiger charge is -2.40. The molecule has 0 aliphatic carbocycles. The van der Waals surface area contributed by atoms with Crippen LogP contribution in [0.5, 0.6) is 0 Å². The van der Waals surface area contributed by atoms with Gasteiger partial charge in [-0.25, -0.2) is 19.3 Å². The molecule has 1 aliphatic rings. The zero-order valence-corrected chi connectivity index (χ0v) is 16.2. The Labute approximate surface area is 166 Å². The Kier molecular flexibility index (Phi) is 4.70. The van der Waals surface area contributed by atoms with Gasteiger partial charge >= 0.3 is 0 Å². The van der Waals surface area contributed by atoms with Crippen LogP contribution in [-0.2, 0) is 6.54 Å². The van der Waals surface area contributed by atoms with Gasteiger partial charge in [-0.3, -0.25) is 14.2 Å². The smallest absolute Gasteiger partial charge is 0.255 e. The lowest BCUT2D eigenvalue weighted by Crippen LogP contribution is -2.49. The van der Waals surface area contributed by atoms with E-state index in [1.807, 2.05) is 13.8 Å². The average molecular weight is 393 g/mol. The lowest BCUT2D eigenvalue weighted by molar-refractivity contribution is 0.0993. The van der Waals surface area contributed by atoms with Gasteiger partial charge in [0.1, 0.15) is 12.1 Å². The Bertz CT molecular complexity index is 1110. The normalized spacial score (nSPS) is 15.1. The van der Waals surface area contributed by atoms with E-state index in [0.29, 0.717) is 36.0 Å². The van der Waals surface area contributed by atoms with Crippen molar-refractivity contribution in [3.63, 3.8) is 0 Å². The van der Waals surface area contributed by atoms with Crippen LogP contribution in [0.3, 0.4) is 0 Å². The first-order valence-electron chi connectivity index (χ1n) is 9.24. The minimum absolute atomic E-state index is 0.0364. The number of fused-ring (bicyclic) bond motifs is 1. The first-order chi connectivity index (χ1) is 13.8. The van der Waals surface area contributed by atoms with Crippen LogP contribution in [0.4, 0.5) is 10.3 Å². The van der Waals surface area contributed by atoms with Crippen LogP contribution in [0.1, 0.15) is 24.2 Å². The van der Waals surface area contributed by atoms with Crippen molar-refractivity contribution in [2.24, 2.45) is 5.41 Å². The van der Waals surface area contributed by atoms with Crippen LogP contribution in [0.25, 0.3) is 11.4 Å². The van der Waals surface area contributed by atoms with E-state index in [1.165, 1.54) is 36.7 Å². The summed E-state index contributed by atoms with van der Waals surface area (Å²) in [6.45, 7) is 5.17. The predicted octanol–water partition coefficient (Wildman–Crippen LogP) is 2.57. The molecule has 0 N–H and O–H groups in total. The number of rotatable bonds is 4.